The summed E-state index contributed by atoms with van der Waals surface area (Å²) in [6, 6.07) is -2.79. The molecule has 6 N–H and O–H groups in total. The Bertz CT molecular complexity index is 513. The van der Waals surface area contributed by atoms with E-state index >= 15 is 0 Å². The highest BCUT2D eigenvalue weighted by Gasteiger charge is 2.29. The van der Waals surface area contributed by atoms with Crippen molar-refractivity contribution in [1.29, 1.82) is 0 Å². The van der Waals surface area contributed by atoms with Crippen molar-refractivity contribution in [3.63, 3.8) is 0 Å². The van der Waals surface area contributed by atoms with Gasteiger partial charge in [0, 0.05) is 5.75 Å². The van der Waals surface area contributed by atoms with Crippen LogP contribution in [0.2, 0.25) is 0 Å². The molecule has 0 aromatic carbocycles. The lowest BCUT2D eigenvalue weighted by Crippen LogP contribution is -2.55. The quantitative estimate of drug-likeness (QED) is 0.252. The second kappa shape index (κ2) is 11.7. The summed E-state index contributed by atoms with van der Waals surface area (Å²) >= 11 is 3.89. The second-order valence-electron chi connectivity index (χ2n) is 6.83. The van der Waals surface area contributed by atoms with Crippen LogP contribution in [0, 0.1) is 11.8 Å². The number of hydrogen-bond acceptors (Lipinski definition) is 6. The molecule has 0 heterocycles. The summed E-state index contributed by atoms with van der Waals surface area (Å²) in [7, 11) is 0. The highest BCUT2D eigenvalue weighted by molar-refractivity contribution is 7.80. The maximum atomic E-state index is 12.4. The summed E-state index contributed by atoms with van der Waals surface area (Å²) in [6.45, 7) is 6.80. The van der Waals surface area contributed by atoms with E-state index in [0.29, 0.717) is 0 Å². The average Bonchev–Trinajstić information content (AvgIpc) is 2.54. The van der Waals surface area contributed by atoms with Gasteiger partial charge in [-0.1, -0.05) is 27.7 Å². The van der Waals surface area contributed by atoms with E-state index in [4.69, 9.17) is 5.73 Å². The van der Waals surface area contributed by atoms with Crippen LogP contribution in [0.4, 0.5) is 0 Å². The maximum Gasteiger partial charge on any atom is 0.326 e. The normalized spacial score (nSPS) is 14.5. The minimum absolute atomic E-state index is 0.0785. The number of thiol groups is 1. The second-order valence-corrected chi connectivity index (χ2v) is 7.19. The van der Waals surface area contributed by atoms with E-state index in [0.717, 1.165) is 0 Å². The fourth-order valence-electron chi connectivity index (χ4n) is 2.10. The molecule has 0 rings (SSSR count). The molecule has 150 valence electrons. The molecule has 0 bridgehead atoms. The molecule has 0 spiro atoms. The molecule has 26 heavy (non-hydrogen) atoms. The summed E-state index contributed by atoms with van der Waals surface area (Å²) in [4.78, 5) is 47.2. The Labute approximate surface area is 159 Å². The molecule has 0 aromatic rings. The molecule has 0 saturated carbocycles. The van der Waals surface area contributed by atoms with E-state index in [2.05, 4.69) is 28.6 Å². The van der Waals surface area contributed by atoms with Crippen molar-refractivity contribution in [3.8, 4) is 0 Å². The van der Waals surface area contributed by atoms with Gasteiger partial charge in [-0.2, -0.15) is 12.6 Å². The molecule has 0 aliphatic carbocycles. The Morgan fingerprint density at radius 1 is 1.04 bits per heavy atom. The highest BCUT2D eigenvalue weighted by atomic mass is 32.1. The smallest absolute Gasteiger partial charge is 0.326 e. The first-order valence-corrected chi connectivity index (χ1v) is 9.09. The van der Waals surface area contributed by atoms with Gasteiger partial charge < -0.3 is 26.8 Å². The van der Waals surface area contributed by atoms with Crippen LogP contribution in [-0.2, 0) is 19.2 Å². The number of carboxylic acid groups (broad SMARTS) is 1. The van der Waals surface area contributed by atoms with Gasteiger partial charge in [-0.3, -0.25) is 14.4 Å². The molecule has 0 aliphatic rings. The summed E-state index contributed by atoms with van der Waals surface area (Å²) < 4.78 is 0. The number of carbonyl (C=O) groups is 4. The Hall–Kier alpha value is -1.81. The van der Waals surface area contributed by atoms with E-state index < -0.39 is 41.8 Å². The third-order valence-corrected chi connectivity index (χ3v) is 3.94. The molecule has 0 radical (unpaired) electrons. The molecular formula is C16H30N4O5S. The summed E-state index contributed by atoms with van der Waals surface area (Å²) in [6.07, 6.45) is 0.275. The first-order valence-electron chi connectivity index (χ1n) is 8.46. The van der Waals surface area contributed by atoms with E-state index in [1.54, 1.807) is 13.8 Å². The Balaban J connectivity index is 4.80. The molecule has 9 nitrogen and oxygen atoms in total. The summed E-state index contributed by atoms with van der Waals surface area (Å²) in [5, 5.41) is 16.5. The van der Waals surface area contributed by atoms with E-state index in [1.165, 1.54) is 0 Å². The van der Waals surface area contributed by atoms with Crippen molar-refractivity contribution in [3.05, 3.63) is 0 Å². The van der Waals surface area contributed by atoms with Crippen LogP contribution in [-0.4, -0.2) is 59.2 Å². The SMILES string of the molecule is CC(C)CC(NC(=O)C(NC(=O)CNC(=O)C(N)CS)C(C)C)C(=O)O. The predicted octanol–water partition coefficient (Wildman–Crippen LogP) is -0.884. The predicted molar refractivity (Wildman–Crippen MR) is 101 cm³/mol. The largest absolute Gasteiger partial charge is 0.480 e. The Kier molecular flexibility index (Phi) is 10.9. The van der Waals surface area contributed by atoms with Crippen molar-refractivity contribution in [2.24, 2.45) is 17.6 Å². The summed E-state index contributed by atoms with van der Waals surface area (Å²) in [5.74, 6) is -2.87. The van der Waals surface area contributed by atoms with Gasteiger partial charge in [-0.15, -0.1) is 0 Å². The zero-order chi connectivity index (χ0) is 20.4. The number of carboxylic acids is 1. The molecule has 3 unspecified atom stereocenters. The lowest BCUT2D eigenvalue weighted by molar-refractivity contribution is -0.143. The molecule has 0 aliphatic heterocycles. The number of rotatable bonds is 11. The maximum absolute atomic E-state index is 12.4. The third kappa shape index (κ3) is 9.04. The van der Waals surface area contributed by atoms with Crippen LogP contribution in [0.1, 0.15) is 34.1 Å². The average molecular weight is 391 g/mol. The Morgan fingerprint density at radius 3 is 2.04 bits per heavy atom. The van der Waals surface area contributed by atoms with Crippen molar-refractivity contribution in [2.45, 2.75) is 52.2 Å². The van der Waals surface area contributed by atoms with Crippen LogP contribution in [0.5, 0.6) is 0 Å². The zero-order valence-corrected chi connectivity index (χ0v) is 16.5. The van der Waals surface area contributed by atoms with Gasteiger partial charge in [0.05, 0.1) is 12.6 Å². The molecule has 3 amide bonds. The van der Waals surface area contributed by atoms with Crippen molar-refractivity contribution < 1.29 is 24.3 Å². The minimum atomic E-state index is -1.13. The van der Waals surface area contributed by atoms with E-state index in [-0.39, 0.29) is 30.6 Å². The zero-order valence-electron chi connectivity index (χ0n) is 15.6. The molecular weight excluding hydrogens is 360 g/mol. The van der Waals surface area contributed by atoms with Gasteiger partial charge in [0.25, 0.3) is 0 Å². The van der Waals surface area contributed by atoms with Gasteiger partial charge in [0.15, 0.2) is 0 Å². The van der Waals surface area contributed by atoms with Gasteiger partial charge in [0.1, 0.15) is 12.1 Å². The molecule has 0 fully saturated rings. The molecule has 0 saturated heterocycles. The lowest BCUT2D eigenvalue weighted by atomic mass is 10.0. The number of nitrogens with one attached hydrogen (secondary N) is 3. The van der Waals surface area contributed by atoms with Crippen LogP contribution in [0.15, 0.2) is 0 Å². The number of amides is 3. The minimum Gasteiger partial charge on any atom is -0.480 e. The van der Waals surface area contributed by atoms with Crippen molar-refractivity contribution >= 4 is 36.3 Å². The molecule has 10 heteroatoms. The van der Waals surface area contributed by atoms with E-state index in [9.17, 15) is 24.3 Å². The first-order chi connectivity index (χ1) is 12.0. The third-order valence-electron chi connectivity index (χ3n) is 3.54. The summed E-state index contributed by atoms with van der Waals surface area (Å²) in [5.41, 5.74) is 5.48. The van der Waals surface area contributed by atoms with Gasteiger partial charge in [-0.05, 0) is 18.3 Å². The first kappa shape index (κ1) is 24.2. The number of hydrogen-bond donors (Lipinski definition) is 6. The standard InChI is InChI=1S/C16H30N4O5S/c1-8(2)5-11(16(24)25)19-15(23)13(9(3)4)20-12(21)6-18-14(22)10(17)7-26/h8-11,13,26H,5-7,17H2,1-4H3,(H,18,22)(H,19,23)(H,20,21)(H,24,25). The number of aliphatic carboxylic acids is 1. The van der Waals surface area contributed by atoms with Crippen LogP contribution < -0.4 is 21.7 Å². The van der Waals surface area contributed by atoms with Gasteiger partial charge in [0.2, 0.25) is 17.7 Å². The fourth-order valence-corrected chi connectivity index (χ4v) is 2.26. The van der Waals surface area contributed by atoms with Crippen LogP contribution in [0.3, 0.4) is 0 Å². The topological polar surface area (TPSA) is 151 Å². The number of nitrogens with two attached hydrogens (primary N) is 1. The van der Waals surface area contributed by atoms with Crippen LogP contribution in [0.25, 0.3) is 0 Å². The van der Waals surface area contributed by atoms with Gasteiger partial charge >= 0.3 is 5.97 Å². The lowest BCUT2D eigenvalue weighted by Gasteiger charge is -2.24. The molecule has 0 aromatic heterocycles. The number of carbonyl (C=O) groups excluding carboxylic acids is 3. The van der Waals surface area contributed by atoms with Crippen molar-refractivity contribution in [2.75, 3.05) is 12.3 Å². The van der Waals surface area contributed by atoms with E-state index in [1.807, 2.05) is 13.8 Å². The monoisotopic (exact) mass is 390 g/mol. The van der Waals surface area contributed by atoms with Crippen LogP contribution >= 0.6 is 12.6 Å². The molecule has 3 atom stereocenters. The fraction of sp³-hybridized carbons (Fsp3) is 0.750. The van der Waals surface area contributed by atoms with Gasteiger partial charge in [-0.25, -0.2) is 4.79 Å². The van der Waals surface area contributed by atoms with Crippen molar-refractivity contribution in [1.82, 2.24) is 16.0 Å². The highest BCUT2D eigenvalue weighted by Crippen LogP contribution is 2.07. The Morgan fingerprint density at radius 2 is 1.62 bits per heavy atom.